The van der Waals surface area contributed by atoms with E-state index in [1.165, 1.54) is 36.4 Å². The third-order valence-electron chi connectivity index (χ3n) is 5.92. The Morgan fingerprint density at radius 1 is 1.03 bits per heavy atom. The predicted molar refractivity (Wildman–Crippen MR) is 142 cm³/mol. The van der Waals surface area contributed by atoms with Gasteiger partial charge in [0.25, 0.3) is 0 Å². The quantitative estimate of drug-likeness (QED) is 0.133. The van der Waals surface area contributed by atoms with Crippen LogP contribution in [0.15, 0.2) is 83.5 Å². The molecule has 1 atom stereocenters. The van der Waals surface area contributed by atoms with Crippen LogP contribution >= 0.6 is 0 Å². The van der Waals surface area contributed by atoms with Crippen LogP contribution in [0.1, 0.15) is 49.8 Å². The molecule has 1 heterocycles. The number of aliphatic hydroxyl groups excluding tert-OH is 1. The van der Waals surface area contributed by atoms with E-state index in [0.29, 0.717) is 36.8 Å². The number of carbonyl (C=O) groups excluding carboxylic acids is 2. The van der Waals surface area contributed by atoms with Crippen LogP contribution < -0.4 is 0 Å². The third-order valence-corrected chi connectivity index (χ3v) is 5.92. The Hall–Kier alpha value is -4.30. The Kier molecular flexibility index (Phi) is 10.3. The van der Waals surface area contributed by atoms with Gasteiger partial charge in [-0.25, -0.2) is 9.59 Å². The number of allylic oxidation sites excluding steroid dienone is 2. The van der Waals surface area contributed by atoms with Crippen LogP contribution in [-0.2, 0) is 19.1 Å². The topological polar surface area (TPSA) is 134 Å². The summed E-state index contributed by atoms with van der Waals surface area (Å²) >= 11 is 0. The van der Waals surface area contributed by atoms with Crippen molar-refractivity contribution in [2.24, 2.45) is 0 Å². The number of hydrogen-bond donors (Lipinski definition) is 4. The van der Waals surface area contributed by atoms with E-state index in [9.17, 15) is 30.0 Å². The molecule has 1 unspecified atom stereocenters. The lowest BCUT2D eigenvalue weighted by Crippen LogP contribution is -2.03. The molecule has 0 bridgehead atoms. The molecule has 0 aromatic heterocycles. The van der Waals surface area contributed by atoms with Crippen molar-refractivity contribution in [3.63, 3.8) is 0 Å². The number of ether oxygens (including phenoxy) is 2. The molecule has 0 saturated heterocycles. The minimum atomic E-state index is -0.753. The first-order valence-electron chi connectivity index (χ1n) is 12.3. The third kappa shape index (κ3) is 8.67. The summed E-state index contributed by atoms with van der Waals surface area (Å²) in [6.45, 7) is 1.91. The van der Waals surface area contributed by atoms with Crippen molar-refractivity contribution in [3.8, 4) is 17.2 Å². The molecular formula is C30H32O8. The van der Waals surface area contributed by atoms with E-state index in [1.807, 2.05) is 19.1 Å². The van der Waals surface area contributed by atoms with Crippen LogP contribution in [0.2, 0.25) is 0 Å². The molecule has 1 aliphatic rings. The number of aliphatic hydroxyl groups is 1. The summed E-state index contributed by atoms with van der Waals surface area (Å²) in [5, 5.41) is 38.6. The largest absolute Gasteiger partial charge is 0.508 e. The molecular weight excluding hydrogens is 488 g/mol. The SMILES string of the molecule is CC(=CCCC(=CCCC1=CC(c2cc(O)ccc2O)OC1=O)CO)COC(=O)C=Cc1ccc(O)cc1. The zero-order valence-electron chi connectivity index (χ0n) is 21.2. The van der Waals surface area contributed by atoms with Gasteiger partial charge in [-0.15, -0.1) is 0 Å². The number of rotatable bonds is 12. The fourth-order valence-corrected chi connectivity index (χ4v) is 3.81. The molecule has 0 aliphatic carbocycles. The van der Waals surface area contributed by atoms with Gasteiger partial charge in [0.15, 0.2) is 0 Å². The fourth-order valence-electron chi connectivity index (χ4n) is 3.81. The monoisotopic (exact) mass is 520 g/mol. The smallest absolute Gasteiger partial charge is 0.334 e. The molecule has 0 saturated carbocycles. The Morgan fingerprint density at radius 2 is 1.76 bits per heavy atom. The molecule has 0 amide bonds. The van der Waals surface area contributed by atoms with Gasteiger partial charge < -0.3 is 29.9 Å². The number of hydrogen-bond acceptors (Lipinski definition) is 8. The molecule has 38 heavy (non-hydrogen) atoms. The number of phenolic OH excluding ortho intramolecular Hbond substituents is 3. The molecule has 1 aliphatic heterocycles. The van der Waals surface area contributed by atoms with Crippen LogP contribution in [0, 0.1) is 0 Å². The second-order valence-electron chi connectivity index (χ2n) is 8.94. The number of carbonyl (C=O) groups is 2. The van der Waals surface area contributed by atoms with Gasteiger partial charge in [-0.05, 0) is 91.8 Å². The predicted octanol–water partition coefficient (Wildman–Crippen LogP) is 5.01. The molecule has 200 valence electrons. The minimum absolute atomic E-state index is 0.0314. The lowest BCUT2D eigenvalue weighted by molar-refractivity contribution is -0.140. The first-order valence-corrected chi connectivity index (χ1v) is 12.3. The molecule has 8 heteroatoms. The summed E-state index contributed by atoms with van der Waals surface area (Å²) < 4.78 is 10.6. The van der Waals surface area contributed by atoms with Crippen LogP contribution in [0.3, 0.4) is 0 Å². The van der Waals surface area contributed by atoms with Gasteiger partial charge in [0.1, 0.15) is 30.0 Å². The minimum Gasteiger partial charge on any atom is -0.508 e. The maximum absolute atomic E-state index is 12.2. The van der Waals surface area contributed by atoms with Gasteiger partial charge >= 0.3 is 11.9 Å². The van der Waals surface area contributed by atoms with Crippen molar-refractivity contribution in [2.75, 3.05) is 13.2 Å². The molecule has 8 nitrogen and oxygen atoms in total. The highest BCUT2D eigenvalue weighted by molar-refractivity contribution is 5.91. The van der Waals surface area contributed by atoms with Crippen molar-refractivity contribution in [2.45, 2.75) is 38.7 Å². The lowest BCUT2D eigenvalue weighted by Gasteiger charge is -2.10. The average molecular weight is 521 g/mol. The standard InChI is InChI=1S/C30H32O8/c1-20(19-37-29(35)15-10-21-8-11-24(32)12-9-21)4-2-5-22(18-31)6-3-7-23-16-28(38-30(23)36)26-17-25(33)13-14-27(26)34/h4,6,8-17,28,31-34H,2-3,5,7,18-19H2,1H3. The van der Waals surface area contributed by atoms with Crippen molar-refractivity contribution in [1.82, 2.24) is 0 Å². The summed E-state index contributed by atoms with van der Waals surface area (Å²) in [6.07, 6.45) is 9.88. The van der Waals surface area contributed by atoms with E-state index >= 15 is 0 Å². The Balaban J connectivity index is 1.42. The van der Waals surface area contributed by atoms with E-state index < -0.39 is 18.0 Å². The van der Waals surface area contributed by atoms with Crippen LogP contribution in [0.4, 0.5) is 0 Å². The van der Waals surface area contributed by atoms with Crippen molar-refractivity contribution < 1.29 is 39.5 Å². The summed E-state index contributed by atoms with van der Waals surface area (Å²) in [4.78, 5) is 24.1. The number of benzene rings is 2. The molecule has 0 spiro atoms. The highest BCUT2D eigenvalue weighted by Crippen LogP contribution is 2.36. The molecule has 3 rings (SSSR count). The van der Waals surface area contributed by atoms with Crippen LogP contribution in [-0.4, -0.2) is 45.6 Å². The van der Waals surface area contributed by atoms with Gasteiger partial charge in [0, 0.05) is 17.2 Å². The molecule has 0 fully saturated rings. The highest BCUT2D eigenvalue weighted by Gasteiger charge is 2.28. The van der Waals surface area contributed by atoms with Gasteiger partial charge in [0.2, 0.25) is 0 Å². The summed E-state index contributed by atoms with van der Waals surface area (Å²) in [5.41, 5.74) is 3.28. The van der Waals surface area contributed by atoms with Crippen molar-refractivity contribution in [3.05, 3.63) is 94.6 Å². The summed E-state index contributed by atoms with van der Waals surface area (Å²) in [6, 6.07) is 10.5. The number of cyclic esters (lactones) is 1. The Labute approximate surface area is 221 Å². The summed E-state index contributed by atoms with van der Waals surface area (Å²) in [5.74, 6) is -0.881. The van der Waals surface area contributed by atoms with Gasteiger partial charge in [-0.3, -0.25) is 0 Å². The van der Waals surface area contributed by atoms with Crippen LogP contribution in [0.5, 0.6) is 17.2 Å². The number of esters is 2. The second-order valence-corrected chi connectivity index (χ2v) is 8.94. The van der Waals surface area contributed by atoms with E-state index in [0.717, 1.165) is 16.7 Å². The lowest BCUT2D eigenvalue weighted by atomic mass is 10.0. The van der Waals surface area contributed by atoms with Crippen molar-refractivity contribution >= 4 is 18.0 Å². The van der Waals surface area contributed by atoms with Gasteiger partial charge in [-0.2, -0.15) is 0 Å². The van der Waals surface area contributed by atoms with Crippen molar-refractivity contribution in [1.29, 1.82) is 0 Å². The second kappa shape index (κ2) is 13.9. The normalized spacial score (nSPS) is 16.0. The highest BCUT2D eigenvalue weighted by atomic mass is 16.5. The summed E-state index contributed by atoms with van der Waals surface area (Å²) in [7, 11) is 0. The first-order chi connectivity index (χ1) is 18.2. The van der Waals surface area contributed by atoms with E-state index in [1.54, 1.807) is 24.3 Å². The van der Waals surface area contributed by atoms with E-state index in [4.69, 9.17) is 9.47 Å². The first kappa shape index (κ1) is 28.3. The van der Waals surface area contributed by atoms with E-state index in [2.05, 4.69) is 0 Å². The van der Waals surface area contributed by atoms with Gasteiger partial charge in [0.05, 0.1) is 6.61 Å². The van der Waals surface area contributed by atoms with E-state index in [-0.39, 0.29) is 30.5 Å². The maximum Gasteiger partial charge on any atom is 0.334 e. The zero-order chi connectivity index (χ0) is 27.5. The number of phenols is 3. The average Bonchev–Trinajstić information content (AvgIpc) is 3.27. The zero-order valence-corrected chi connectivity index (χ0v) is 21.2. The maximum atomic E-state index is 12.2. The van der Waals surface area contributed by atoms with Gasteiger partial charge in [-0.1, -0.05) is 24.3 Å². The number of aromatic hydroxyl groups is 3. The fraction of sp³-hybridized carbons (Fsp3) is 0.267. The Morgan fingerprint density at radius 3 is 2.50 bits per heavy atom. The molecule has 2 aromatic carbocycles. The molecule has 0 radical (unpaired) electrons. The van der Waals surface area contributed by atoms with Crippen LogP contribution in [0.25, 0.3) is 6.08 Å². The molecule has 4 N–H and O–H groups in total. The Bertz CT molecular complexity index is 1250. The molecule has 2 aromatic rings.